The van der Waals surface area contributed by atoms with Gasteiger partial charge in [-0.15, -0.1) is 0 Å². The molecule has 7 nitrogen and oxygen atoms in total. The second kappa shape index (κ2) is 6.95. The highest BCUT2D eigenvalue weighted by Gasteiger charge is 2.33. The summed E-state index contributed by atoms with van der Waals surface area (Å²) in [6.07, 6.45) is 1.53. The molecule has 0 spiro atoms. The van der Waals surface area contributed by atoms with E-state index in [1.807, 2.05) is 13.0 Å². The molecule has 0 saturated carbocycles. The van der Waals surface area contributed by atoms with Crippen LogP contribution in [-0.2, 0) is 4.79 Å². The van der Waals surface area contributed by atoms with E-state index in [0.29, 0.717) is 32.6 Å². The van der Waals surface area contributed by atoms with Crippen molar-refractivity contribution in [2.45, 2.75) is 32.2 Å². The number of piperazine rings is 1. The van der Waals surface area contributed by atoms with Crippen molar-refractivity contribution in [3.05, 3.63) is 34.4 Å². The molecular weight excluding hydrogens is 296 g/mol. The maximum atomic E-state index is 12.5. The van der Waals surface area contributed by atoms with E-state index < -0.39 is 10.5 Å². The molecule has 2 N–H and O–H groups in total. The van der Waals surface area contributed by atoms with E-state index in [0.717, 1.165) is 12.1 Å². The van der Waals surface area contributed by atoms with E-state index in [1.165, 1.54) is 6.07 Å². The van der Waals surface area contributed by atoms with Crippen molar-refractivity contribution >= 4 is 17.3 Å². The number of hydrogen-bond donors (Lipinski definition) is 1. The highest BCUT2D eigenvalue weighted by Crippen LogP contribution is 2.23. The van der Waals surface area contributed by atoms with Gasteiger partial charge in [-0.25, -0.2) is 0 Å². The minimum absolute atomic E-state index is 0.0157. The SMILES string of the molecule is CCCC(C)(N)C(=O)N1CCN(c2cccc([N+](=O)[O-])c2)CC1. The van der Waals surface area contributed by atoms with Gasteiger partial charge < -0.3 is 15.5 Å². The zero-order valence-corrected chi connectivity index (χ0v) is 13.7. The van der Waals surface area contributed by atoms with Gasteiger partial charge in [-0.2, -0.15) is 0 Å². The number of nitrogens with zero attached hydrogens (tertiary/aromatic N) is 3. The number of rotatable bonds is 5. The minimum Gasteiger partial charge on any atom is -0.368 e. The van der Waals surface area contributed by atoms with E-state index in [9.17, 15) is 14.9 Å². The number of benzene rings is 1. The Morgan fingerprint density at radius 1 is 1.35 bits per heavy atom. The fourth-order valence-corrected chi connectivity index (χ4v) is 2.96. The van der Waals surface area contributed by atoms with E-state index >= 15 is 0 Å². The van der Waals surface area contributed by atoms with Crippen LogP contribution in [0.3, 0.4) is 0 Å². The van der Waals surface area contributed by atoms with Gasteiger partial charge in [-0.05, 0) is 19.4 Å². The van der Waals surface area contributed by atoms with Crippen LogP contribution in [-0.4, -0.2) is 47.4 Å². The highest BCUT2D eigenvalue weighted by atomic mass is 16.6. The number of nitrogens with two attached hydrogens (primary N) is 1. The van der Waals surface area contributed by atoms with Crippen LogP contribution in [0.15, 0.2) is 24.3 Å². The number of anilines is 1. The van der Waals surface area contributed by atoms with Gasteiger partial charge in [-0.3, -0.25) is 14.9 Å². The van der Waals surface area contributed by atoms with Crippen molar-refractivity contribution in [1.82, 2.24) is 4.90 Å². The van der Waals surface area contributed by atoms with Crippen molar-refractivity contribution in [1.29, 1.82) is 0 Å². The predicted octanol–water partition coefficient (Wildman–Crippen LogP) is 1.76. The van der Waals surface area contributed by atoms with Crippen molar-refractivity contribution < 1.29 is 9.72 Å². The monoisotopic (exact) mass is 320 g/mol. The lowest BCUT2D eigenvalue weighted by Gasteiger charge is -2.39. The van der Waals surface area contributed by atoms with Crippen molar-refractivity contribution in [3.8, 4) is 0 Å². The summed E-state index contributed by atoms with van der Waals surface area (Å²) in [5.41, 5.74) is 6.20. The lowest BCUT2D eigenvalue weighted by atomic mass is 9.95. The fourth-order valence-electron chi connectivity index (χ4n) is 2.96. The van der Waals surface area contributed by atoms with Gasteiger partial charge in [0.15, 0.2) is 0 Å². The Labute approximate surface area is 136 Å². The van der Waals surface area contributed by atoms with Crippen LogP contribution >= 0.6 is 0 Å². The first-order chi connectivity index (χ1) is 10.8. The van der Waals surface area contributed by atoms with E-state index in [2.05, 4.69) is 4.90 Å². The molecule has 1 atom stereocenters. The van der Waals surface area contributed by atoms with Crippen LogP contribution in [0.4, 0.5) is 11.4 Å². The predicted molar refractivity (Wildman–Crippen MR) is 89.4 cm³/mol. The van der Waals surface area contributed by atoms with Gasteiger partial charge >= 0.3 is 0 Å². The van der Waals surface area contributed by atoms with Crippen molar-refractivity contribution in [2.24, 2.45) is 5.73 Å². The van der Waals surface area contributed by atoms with Gasteiger partial charge in [0.25, 0.3) is 5.69 Å². The molecule has 0 aromatic heterocycles. The lowest BCUT2D eigenvalue weighted by molar-refractivity contribution is -0.384. The molecule has 1 aliphatic rings. The smallest absolute Gasteiger partial charge is 0.271 e. The molecule has 1 heterocycles. The Morgan fingerprint density at radius 3 is 2.57 bits per heavy atom. The van der Waals surface area contributed by atoms with Crippen LogP contribution in [0.25, 0.3) is 0 Å². The Bertz CT molecular complexity index is 580. The van der Waals surface area contributed by atoms with E-state index in [1.54, 1.807) is 24.0 Å². The molecule has 1 saturated heterocycles. The summed E-state index contributed by atoms with van der Waals surface area (Å²) in [5, 5.41) is 10.9. The highest BCUT2D eigenvalue weighted by molar-refractivity contribution is 5.86. The second-order valence-electron chi connectivity index (χ2n) is 6.22. The first-order valence-corrected chi connectivity index (χ1v) is 7.93. The molecule has 0 radical (unpaired) electrons. The third-order valence-electron chi connectivity index (χ3n) is 4.23. The van der Waals surface area contributed by atoms with Crippen molar-refractivity contribution in [2.75, 3.05) is 31.1 Å². The average molecular weight is 320 g/mol. The van der Waals surface area contributed by atoms with Gasteiger partial charge in [0.2, 0.25) is 5.91 Å². The molecule has 1 aliphatic heterocycles. The number of non-ortho nitro benzene ring substituents is 1. The zero-order valence-electron chi connectivity index (χ0n) is 13.7. The van der Waals surface area contributed by atoms with Crippen LogP contribution in [0.2, 0.25) is 0 Å². The number of nitro benzene ring substituents is 1. The number of amides is 1. The number of carbonyl (C=O) groups is 1. The molecule has 7 heteroatoms. The Balaban J connectivity index is 2.00. The Hall–Kier alpha value is -2.15. The summed E-state index contributed by atoms with van der Waals surface area (Å²) in [6.45, 7) is 6.25. The first kappa shape index (κ1) is 17.2. The largest absolute Gasteiger partial charge is 0.368 e. The quantitative estimate of drug-likeness (QED) is 0.659. The topological polar surface area (TPSA) is 92.7 Å². The standard InChI is InChI=1S/C16H24N4O3/c1-3-7-16(2,17)15(21)19-10-8-18(9-11-19)13-5-4-6-14(12-13)20(22)23/h4-6,12H,3,7-11,17H2,1-2H3. The third kappa shape index (κ3) is 3.98. The van der Waals surface area contributed by atoms with Gasteiger partial charge in [0, 0.05) is 44.0 Å². The molecule has 23 heavy (non-hydrogen) atoms. The average Bonchev–Trinajstić information content (AvgIpc) is 2.54. The molecule has 1 unspecified atom stereocenters. The van der Waals surface area contributed by atoms with Crippen LogP contribution in [0.1, 0.15) is 26.7 Å². The van der Waals surface area contributed by atoms with Gasteiger partial charge in [0.05, 0.1) is 10.5 Å². The number of nitro groups is 1. The number of hydrogen-bond acceptors (Lipinski definition) is 5. The first-order valence-electron chi connectivity index (χ1n) is 7.93. The molecule has 2 rings (SSSR count). The minimum atomic E-state index is -0.817. The summed E-state index contributed by atoms with van der Waals surface area (Å²) >= 11 is 0. The number of carbonyl (C=O) groups excluding carboxylic acids is 1. The summed E-state index contributed by atoms with van der Waals surface area (Å²) in [4.78, 5) is 26.8. The second-order valence-corrected chi connectivity index (χ2v) is 6.22. The molecule has 1 amide bonds. The summed E-state index contributed by atoms with van der Waals surface area (Å²) in [7, 11) is 0. The molecule has 126 valence electrons. The van der Waals surface area contributed by atoms with Gasteiger partial charge in [-0.1, -0.05) is 19.4 Å². The third-order valence-corrected chi connectivity index (χ3v) is 4.23. The maximum Gasteiger partial charge on any atom is 0.271 e. The van der Waals surface area contributed by atoms with Crippen molar-refractivity contribution in [3.63, 3.8) is 0 Å². The Kier molecular flexibility index (Phi) is 5.20. The van der Waals surface area contributed by atoms with Gasteiger partial charge in [0.1, 0.15) is 0 Å². The summed E-state index contributed by atoms with van der Waals surface area (Å²) in [6, 6.07) is 6.59. The van der Waals surface area contributed by atoms with Crippen LogP contribution in [0, 0.1) is 10.1 Å². The Morgan fingerprint density at radius 2 is 2.00 bits per heavy atom. The summed E-state index contributed by atoms with van der Waals surface area (Å²) in [5.74, 6) is -0.0157. The molecule has 0 bridgehead atoms. The van der Waals surface area contributed by atoms with E-state index in [-0.39, 0.29) is 11.6 Å². The maximum absolute atomic E-state index is 12.5. The zero-order chi connectivity index (χ0) is 17.0. The van der Waals surface area contributed by atoms with Crippen LogP contribution in [0.5, 0.6) is 0 Å². The molecule has 1 aromatic carbocycles. The summed E-state index contributed by atoms with van der Waals surface area (Å²) < 4.78 is 0. The molecule has 1 fully saturated rings. The van der Waals surface area contributed by atoms with Crippen LogP contribution < -0.4 is 10.6 Å². The molecular formula is C16H24N4O3. The molecule has 1 aromatic rings. The molecule has 0 aliphatic carbocycles. The normalized spacial score (nSPS) is 17.7. The lowest BCUT2D eigenvalue weighted by Crippen LogP contribution is -2.58. The fraction of sp³-hybridized carbons (Fsp3) is 0.562. The van der Waals surface area contributed by atoms with E-state index in [4.69, 9.17) is 5.73 Å².